The zero-order valence-electron chi connectivity index (χ0n) is 17.4. The highest BCUT2D eigenvalue weighted by atomic mass is 32.1. The van der Waals surface area contributed by atoms with Gasteiger partial charge in [0, 0.05) is 32.7 Å². The molecule has 1 unspecified atom stereocenters. The van der Waals surface area contributed by atoms with Gasteiger partial charge in [0.05, 0.1) is 11.8 Å². The van der Waals surface area contributed by atoms with E-state index >= 15 is 0 Å². The molecule has 0 saturated carbocycles. The minimum atomic E-state index is 0.0628. The van der Waals surface area contributed by atoms with Crippen molar-refractivity contribution in [3.63, 3.8) is 0 Å². The van der Waals surface area contributed by atoms with Crippen LogP contribution in [0.2, 0.25) is 0 Å². The maximum absolute atomic E-state index is 5.72. The van der Waals surface area contributed by atoms with Gasteiger partial charge in [0.15, 0.2) is 5.11 Å². The van der Waals surface area contributed by atoms with Crippen molar-refractivity contribution in [3.05, 3.63) is 65.7 Å². The first-order valence-electron chi connectivity index (χ1n) is 9.72. The summed E-state index contributed by atoms with van der Waals surface area (Å²) in [6, 6.07) is 19.1. The quantitative estimate of drug-likeness (QED) is 0.765. The Balaban J connectivity index is 1.78. The van der Waals surface area contributed by atoms with E-state index in [1.807, 2.05) is 23.2 Å². The van der Waals surface area contributed by atoms with E-state index in [-0.39, 0.29) is 11.5 Å². The molecular weight excluding hydrogens is 364 g/mol. The molecule has 0 radical (unpaired) electrons. The summed E-state index contributed by atoms with van der Waals surface area (Å²) in [5.41, 5.74) is 4.71. The SMILES string of the molecule is CN(C)c1ccc(C2=NN(C(=S)NCc3ccccc3)C(C(C)(C)C)C2)cc1. The largest absolute Gasteiger partial charge is 0.378 e. The normalized spacial score (nSPS) is 16.7. The molecule has 0 amide bonds. The molecule has 0 spiro atoms. The predicted molar refractivity (Wildman–Crippen MR) is 123 cm³/mol. The highest BCUT2D eigenvalue weighted by molar-refractivity contribution is 7.80. The van der Waals surface area contributed by atoms with Crippen LogP contribution in [0.15, 0.2) is 59.7 Å². The van der Waals surface area contributed by atoms with Crippen LogP contribution in [0.4, 0.5) is 5.69 Å². The van der Waals surface area contributed by atoms with Crippen molar-refractivity contribution >= 4 is 28.7 Å². The molecule has 0 aromatic heterocycles. The molecule has 2 aromatic rings. The van der Waals surface area contributed by atoms with Crippen LogP contribution in [0.3, 0.4) is 0 Å². The fourth-order valence-corrected chi connectivity index (χ4v) is 3.59. The second kappa shape index (κ2) is 8.31. The summed E-state index contributed by atoms with van der Waals surface area (Å²) in [5, 5.41) is 11.0. The molecule has 3 rings (SSSR count). The average Bonchev–Trinajstić information content (AvgIpc) is 3.13. The van der Waals surface area contributed by atoms with Crippen LogP contribution in [0.5, 0.6) is 0 Å². The summed E-state index contributed by atoms with van der Waals surface area (Å²) in [6.07, 6.45) is 0.887. The Kier molecular flexibility index (Phi) is 6.04. The van der Waals surface area contributed by atoms with Gasteiger partial charge in [-0.3, -0.25) is 0 Å². The van der Waals surface area contributed by atoms with Crippen molar-refractivity contribution < 1.29 is 0 Å². The molecule has 0 saturated heterocycles. The lowest BCUT2D eigenvalue weighted by molar-refractivity contribution is 0.192. The Morgan fingerprint density at radius 3 is 2.32 bits per heavy atom. The number of hydrazone groups is 1. The minimum absolute atomic E-state index is 0.0628. The lowest BCUT2D eigenvalue weighted by atomic mass is 9.83. The predicted octanol–water partition coefficient (Wildman–Crippen LogP) is 4.65. The van der Waals surface area contributed by atoms with Crippen LogP contribution in [-0.2, 0) is 6.54 Å². The van der Waals surface area contributed by atoms with Crippen LogP contribution in [0, 0.1) is 5.41 Å². The van der Waals surface area contributed by atoms with E-state index < -0.39 is 0 Å². The van der Waals surface area contributed by atoms with Gasteiger partial charge in [-0.25, -0.2) is 5.01 Å². The van der Waals surface area contributed by atoms with Crippen molar-refractivity contribution in [1.29, 1.82) is 0 Å². The molecule has 4 nitrogen and oxygen atoms in total. The van der Waals surface area contributed by atoms with Gasteiger partial charge in [-0.2, -0.15) is 5.10 Å². The number of anilines is 1. The summed E-state index contributed by atoms with van der Waals surface area (Å²) in [5.74, 6) is 0. The Morgan fingerprint density at radius 1 is 1.11 bits per heavy atom. The number of hydrogen-bond acceptors (Lipinski definition) is 3. The number of benzene rings is 2. The standard InChI is InChI=1S/C23H30N4S/c1-23(2,3)21-15-20(18-11-13-19(14-12-18)26(4)5)25-27(21)22(28)24-16-17-9-7-6-8-10-17/h6-14,21H,15-16H2,1-5H3,(H,24,28). The Labute approximate surface area is 174 Å². The van der Waals surface area contributed by atoms with Gasteiger partial charge >= 0.3 is 0 Å². The van der Waals surface area contributed by atoms with E-state index in [1.165, 1.54) is 11.3 Å². The third kappa shape index (κ3) is 4.71. The van der Waals surface area contributed by atoms with E-state index in [9.17, 15) is 0 Å². The highest BCUT2D eigenvalue weighted by Gasteiger charge is 2.38. The van der Waals surface area contributed by atoms with Crippen molar-refractivity contribution in [2.45, 2.75) is 39.8 Å². The van der Waals surface area contributed by atoms with E-state index in [0.29, 0.717) is 11.7 Å². The zero-order valence-corrected chi connectivity index (χ0v) is 18.3. The van der Waals surface area contributed by atoms with Crippen LogP contribution in [0.25, 0.3) is 0 Å². The second-order valence-electron chi connectivity index (χ2n) is 8.56. The summed E-state index contributed by atoms with van der Waals surface area (Å²) in [4.78, 5) is 2.10. The molecule has 28 heavy (non-hydrogen) atoms. The topological polar surface area (TPSA) is 30.9 Å². The maximum atomic E-state index is 5.72. The maximum Gasteiger partial charge on any atom is 0.190 e. The molecule has 1 aliphatic heterocycles. The van der Waals surface area contributed by atoms with Crippen LogP contribution in [0.1, 0.15) is 38.3 Å². The lowest BCUT2D eigenvalue weighted by Gasteiger charge is -2.34. The fourth-order valence-electron chi connectivity index (χ4n) is 3.35. The Hall–Kier alpha value is -2.40. The molecule has 1 N–H and O–H groups in total. The molecule has 1 aliphatic rings. The molecule has 0 aliphatic carbocycles. The van der Waals surface area contributed by atoms with E-state index in [4.69, 9.17) is 17.3 Å². The minimum Gasteiger partial charge on any atom is -0.378 e. The second-order valence-corrected chi connectivity index (χ2v) is 8.95. The highest BCUT2D eigenvalue weighted by Crippen LogP contribution is 2.33. The van der Waals surface area contributed by atoms with Gasteiger partial charge in [-0.1, -0.05) is 63.2 Å². The number of nitrogens with one attached hydrogen (secondary N) is 1. The average molecular weight is 395 g/mol. The fraction of sp³-hybridized carbons (Fsp3) is 0.391. The van der Waals surface area contributed by atoms with E-state index in [2.05, 4.69) is 81.5 Å². The van der Waals surface area contributed by atoms with Crippen molar-refractivity contribution in [2.75, 3.05) is 19.0 Å². The van der Waals surface area contributed by atoms with Gasteiger partial charge in [0.25, 0.3) is 0 Å². The first-order valence-corrected chi connectivity index (χ1v) is 10.1. The number of hydrogen-bond donors (Lipinski definition) is 1. The number of nitrogens with zero attached hydrogens (tertiary/aromatic N) is 3. The Bertz CT molecular complexity index is 835. The van der Waals surface area contributed by atoms with Crippen molar-refractivity contribution in [3.8, 4) is 0 Å². The number of rotatable bonds is 4. The Morgan fingerprint density at radius 2 is 1.75 bits per heavy atom. The van der Waals surface area contributed by atoms with Crippen LogP contribution < -0.4 is 10.2 Å². The van der Waals surface area contributed by atoms with Gasteiger partial charge in [0.2, 0.25) is 0 Å². The van der Waals surface area contributed by atoms with Crippen LogP contribution in [-0.4, -0.2) is 36.0 Å². The molecule has 1 atom stereocenters. The number of thiocarbonyl (C=S) groups is 1. The summed E-state index contributed by atoms with van der Waals surface area (Å²) >= 11 is 5.72. The monoisotopic (exact) mass is 394 g/mol. The smallest absolute Gasteiger partial charge is 0.190 e. The molecule has 2 aromatic carbocycles. The molecule has 5 heteroatoms. The van der Waals surface area contributed by atoms with Crippen molar-refractivity contribution in [1.82, 2.24) is 10.3 Å². The van der Waals surface area contributed by atoms with Crippen LogP contribution >= 0.6 is 12.2 Å². The summed E-state index contributed by atoms with van der Waals surface area (Å²) in [7, 11) is 4.10. The van der Waals surface area contributed by atoms with Gasteiger partial charge in [0.1, 0.15) is 0 Å². The third-order valence-electron chi connectivity index (χ3n) is 5.12. The molecule has 0 fully saturated rings. The van der Waals surface area contributed by atoms with Gasteiger partial charge in [-0.15, -0.1) is 0 Å². The molecular formula is C23H30N4S. The molecule has 1 heterocycles. The van der Waals surface area contributed by atoms with Gasteiger partial charge in [-0.05, 0) is 40.9 Å². The van der Waals surface area contributed by atoms with E-state index in [1.54, 1.807) is 0 Å². The first-order chi connectivity index (χ1) is 13.3. The lowest BCUT2D eigenvalue weighted by Crippen LogP contribution is -2.45. The molecule has 148 valence electrons. The zero-order chi connectivity index (χ0) is 20.3. The molecule has 0 bridgehead atoms. The van der Waals surface area contributed by atoms with E-state index in [0.717, 1.165) is 17.7 Å². The third-order valence-corrected chi connectivity index (χ3v) is 5.45. The van der Waals surface area contributed by atoms with Gasteiger partial charge < -0.3 is 10.2 Å². The first kappa shape index (κ1) is 20.3. The summed E-state index contributed by atoms with van der Waals surface area (Å²) < 4.78 is 0. The summed E-state index contributed by atoms with van der Waals surface area (Å²) in [6.45, 7) is 7.45. The van der Waals surface area contributed by atoms with Crippen molar-refractivity contribution in [2.24, 2.45) is 10.5 Å².